The molecule has 0 spiro atoms. The van der Waals surface area contributed by atoms with E-state index >= 15 is 0 Å². The Kier molecular flexibility index (Phi) is 7.31. The lowest BCUT2D eigenvalue weighted by atomic mass is 9.97. The number of urea groups is 1. The van der Waals surface area contributed by atoms with Crippen LogP contribution in [0, 0.1) is 0 Å². The van der Waals surface area contributed by atoms with Crippen molar-refractivity contribution in [2.75, 3.05) is 11.4 Å². The average Bonchev–Trinajstić information content (AvgIpc) is 3.45. The van der Waals surface area contributed by atoms with Crippen LogP contribution in [0.4, 0.5) is 9.80 Å². The Morgan fingerprint density at radius 3 is 2.28 bits per heavy atom. The van der Waals surface area contributed by atoms with Gasteiger partial charge in [-0.3, -0.25) is 9.69 Å². The van der Waals surface area contributed by atoms with Gasteiger partial charge in [-0.15, -0.1) is 22.7 Å². The summed E-state index contributed by atoms with van der Waals surface area (Å²) in [5.74, 6) is -0.196. The molecule has 0 saturated carbocycles. The van der Waals surface area contributed by atoms with Crippen molar-refractivity contribution >= 4 is 47.9 Å². The lowest BCUT2D eigenvalue weighted by Gasteiger charge is -2.49. The molecule has 2 aromatic heterocycles. The maximum Gasteiger partial charge on any atom is 0.332 e. The second-order valence-corrected chi connectivity index (χ2v) is 14.0. The van der Waals surface area contributed by atoms with E-state index in [0.29, 0.717) is 6.54 Å². The number of amides is 3. The molecule has 5 nitrogen and oxygen atoms in total. The summed E-state index contributed by atoms with van der Waals surface area (Å²) in [5, 5.41) is 4.82. The largest absolute Gasteiger partial charge is 0.403 e. The van der Waals surface area contributed by atoms with Crippen LogP contribution in [0.15, 0.2) is 35.0 Å². The van der Waals surface area contributed by atoms with Gasteiger partial charge in [0.25, 0.3) is 5.91 Å². The molecule has 2 atom stereocenters. The summed E-state index contributed by atoms with van der Waals surface area (Å²) in [4.78, 5) is 30.8. The van der Waals surface area contributed by atoms with Crippen LogP contribution in [0.5, 0.6) is 0 Å². The maximum atomic E-state index is 13.4. The third-order valence-electron chi connectivity index (χ3n) is 5.85. The first-order valence-corrected chi connectivity index (χ1v) is 14.7. The minimum Gasteiger partial charge on any atom is -0.403 e. The molecular weight excluding hydrogens is 420 g/mol. The van der Waals surface area contributed by atoms with Gasteiger partial charge in [-0.1, -0.05) is 33.8 Å². The Morgan fingerprint density at radius 1 is 1.10 bits per heavy atom. The molecule has 0 N–H and O–H groups in total. The van der Waals surface area contributed by atoms with Gasteiger partial charge in [0.15, 0.2) is 14.4 Å². The van der Waals surface area contributed by atoms with Gasteiger partial charge in [0.1, 0.15) is 6.04 Å². The average molecular weight is 451 g/mol. The first-order chi connectivity index (χ1) is 14.0. The minimum atomic E-state index is -1.97. The van der Waals surface area contributed by atoms with Crippen molar-refractivity contribution in [1.29, 1.82) is 0 Å². The predicted molar refractivity (Wildman–Crippen MR) is 123 cm³/mol. The fourth-order valence-electron chi connectivity index (χ4n) is 3.87. The van der Waals surface area contributed by atoms with E-state index in [-0.39, 0.29) is 18.0 Å². The summed E-state index contributed by atoms with van der Waals surface area (Å²) < 4.78 is 6.57. The number of thiophene rings is 2. The van der Waals surface area contributed by atoms with Crippen molar-refractivity contribution in [2.24, 2.45) is 0 Å². The topological polar surface area (TPSA) is 49.9 Å². The number of carbonyl (C=O) groups excluding carboxylic acids is 2. The Balaban J connectivity index is 1.90. The van der Waals surface area contributed by atoms with Crippen molar-refractivity contribution in [1.82, 2.24) is 4.90 Å². The van der Waals surface area contributed by atoms with Gasteiger partial charge < -0.3 is 4.43 Å². The number of imide groups is 1. The number of carbonyl (C=O) groups is 2. The smallest absolute Gasteiger partial charge is 0.332 e. The molecule has 3 rings (SSSR count). The van der Waals surface area contributed by atoms with Crippen LogP contribution in [0.1, 0.15) is 45.0 Å². The molecule has 3 amide bonds. The van der Waals surface area contributed by atoms with Crippen LogP contribution in [0.2, 0.25) is 18.1 Å². The standard InChI is InChI=1S/C21H30N2O3S2Si/c1-5-13-22(17-12-10-15-28-17)21(25)23-18(16-11-9-14-27-16)19(20(23)24)26-29(6-2,7-3)8-4/h9-12,14-15,18-19H,5-8,13H2,1-4H3/t18-,19+/m1/s1. The second-order valence-electron chi connectivity index (χ2n) is 7.34. The molecule has 1 fully saturated rings. The molecule has 0 unspecified atom stereocenters. The first-order valence-electron chi connectivity index (χ1n) is 10.4. The molecule has 1 aliphatic heterocycles. The van der Waals surface area contributed by atoms with Crippen molar-refractivity contribution in [3.63, 3.8) is 0 Å². The van der Waals surface area contributed by atoms with Gasteiger partial charge in [0.2, 0.25) is 0 Å². The number of likely N-dealkylation sites (tertiary alicyclic amines) is 1. The SMILES string of the molecule is CCCN(C(=O)N1C(=O)[C@@H](O[Si](CC)(CC)CC)[C@H]1c1cccs1)c1cccs1. The van der Waals surface area contributed by atoms with Crippen molar-refractivity contribution < 1.29 is 14.0 Å². The van der Waals surface area contributed by atoms with E-state index in [1.807, 2.05) is 41.9 Å². The number of β-lactam (4-membered cyclic amide) rings is 1. The highest BCUT2D eigenvalue weighted by molar-refractivity contribution is 7.14. The molecule has 8 heteroatoms. The van der Waals surface area contributed by atoms with Crippen LogP contribution in [0.3, 0.4) is 0 Å². The summed E-state index contributed by atoms with van der Waals surface area (Å²) in [6.45, 7) is 9.10. The third kappa shape index (κ3) is 4.21. The van der Waals surface area contributed by atoms with Gasteiger partial charge in [-0.25, -0.2) is 9.69 Å². The molecule has 0 aliphatic carbocycles. The number of nitrogens with zero attached hydrogens (tertiary/aromatic N) is 2. The van der Waals surface area contributed by atoms with E-state index in [1.54, 1.807) is 16.2 Å². The van der Waals surface area contributed by atoms with Gasteiger partial charge in [0, 0.05) is 11.4 Å². The van der Waals surface area contributed by atoms with Crippen molar-refractivity contribution in [2.45, 2.75) is 64.4 Å². The number of hydrogen-bond acceptors (Lipinski definition) is 5. The molecule has 1 saturated heterocycles. The highest BCUT2D eigenvalue weighted by Crippen LogP contribution is 2.43. The van der Waals surface area contributed by atoms with Gasteiger partial charge >= 0.3 is 6.03 Å². The van der Waals surface area contributed by atoms with E-state index in [1.165, 1.54) is 16.2 Å². The fraction of sp³-hybridized carbons (Fsp3) is 0.524. The quantitative estimate of drug-likeness (QED) is 0.341. The Morgan fingerprint density at radius 2 is 1.76 bits per heavy atom. The van der Waals surface area contributed by atoms with Gasteiger partial charge in [-0.05, 0) is 53.5 Å². The zero-order valence-electron chi connectivity index (χ0n) is 17.6. The molecule has 158 valence electrons. The van der Waals surface area contributed by atoms with Crippen molar-refractivity contribution in [3.8, 4) is 0 Å². The first kappa shape index (κ1) is 22.2. The normalized spacial score (nSPS) is 19.3. The number of rotatable bonds is 9. The summed E-state index contributed by atoms with van der Waals surface area (Å²) in [7, 11) is -1.97. The van der Waals surface area contributed by atoms with E-state index < -0.39 is 14.4 Å². The second kappa shape index (κ2) is 9.55. The Labute approximate surface area is 182 Å². The zero-order chi connectivity index (χ0) is 21.0. The van der Waals surface area contributed by atoms with E-state index in [2.05, 4.69) is 20.8 Å². The van der Waals surface area contributed by atoms with Crippen LogP contribution < -0.4 is 4.90 Å². The molecule has 3 heterocycles. The molecule has 29 heavy (non-hydrogen) atoms. The van der Waals surface area contributed by atoms with Crippen LogP contribution >= 0.6 is 22.7 Å². The zero-order valence-corrected chi connectivity index (χ0v) is 20.2. The van der Waals surface area contributed by atoms with Crippen LogP contribution in [-0.4, -0.2) is 37.8 Å². The molecule has 0 aromatic carbocycles. The number of anilines is 1. The van der Waals surface area contributed by atoms with E-state index in [0.717, 1.165) is 34.4 Å². The Hall–Kier alpha value is -1.48. The summed E-state index contributed by atoms with van der Waals surface area (Å²) in [5.41, 5.74) is 0. The minimum absolute atomic E-state index is 0.196. The lowest BCUT2D eigenvalue weighted by molar-refractivity contribution is -0.157. The third-order valence-corrected chi connectivity index (χ3v) is 12.3. The Bertz CT molecular complexity index is 798. The molecule has 0 radical (unpaired) electrons. The highest BCUT2D eigenvalue weighted by atomic mass is 32.1. The van der Waals surface area contributed by atoms with E-state index in [4.69, 9.17) is 4.43 Å². The lowest BCUT2D eigenvalue weighted by Crippen LogP contribution is -2.66. The van der Waals surface area contributed by atoms with Crippen molar-refractivity contribution in [3.05, 3.63) is 39.9 Å². The van der Waals surface area contributed by atoms with Crippen LogP contribution in [0.25, 0.3) is 0 Å². The summed E-state index contributed by atoms with van der Waals surface area (Å²) >= 11 is 3.10. The number of hydrogen-bond donors (Lipinski definition) is 0. The fourth-order valence-corrected chi connectivity index (χ4v) is 8.23. The van der Waals surface area contributed by atoms with Gasteiger partial charge in [-0.2, -0.15) is 0 Å². The summed E-state index contributed by atoms with van der Waals surface area (Å²) in [6, 6.07) is 10.2. The highest BCUT2D eigenvalue weighted by Gasteiger charge is 2.56. The molecule has 1 aliphatic rings. The molecule has 2 aromatic rings. The summed E-state index contributed by atoms with van der Waals surface area (Å²) in [6.07, 6.45) is 0.281. The van der Waals surface area contributed by atoms with Crippen LogP contribution in [-0.2, 0) is 9.22 Å². The van der Waals surface area contributed by atoms with E-state index in [9.17, 15) is 9.59 Å². The monoisotopic (exact) mass is 450 g/mol. The predicted octanol–water partition coefficient (Wildman–Crippen LogP) is 6.12. The van der Waals surface area contributed by atoms with Gasteiger partial charge in [0.05, 0.1) is 5.00 Å². The molecular formula is C21H30N2O3S2Si. The molecule has 0 bridgehead atoms. The maximum absolute atomic E-state index is 13.4.